The van der Waals surface area contributed by atoms with Gasteiger partial charge < -0.3 is 9.47 Å². The molecule has 0 radical (unpaired) electrons. The van der Waals surface area contributed by atoms with Gasteiger partial charge in [-0.05, 0) is 34.1 Å². The molecule has 2 aromatic rings. The van der Waals surface area contributed by atoms with Crippen LogP contribution in [0.3, 0.4) is 0 Å². The highest BCUT2D eigenvalue weighted by atomic mass is 79.9. The molecule has 2 aromatic carbocycles. The number of rotatable bonds is 5. The number of ether oxygens (including phenoxy) is 2. The SMILES string of the molecule is COc1cccc(C(=O)OCC(Cl)(Cl)Cl)c1-c1c(Br)cccc1[N+](=O)[O-]. The Hall–Kier alpha value is -1.54. The fraction of sp³-hybridized carbons (Fsp3) is 0.188. The zero-order valence-corrected chi connectivity index (χ0v) is 17.0. The summed E-state index contributed by atoms with van der Waals surface area (Å²) in [6, 6.07) is 9.03. The van der Waals surface area contributed by atoms with Crippen LogP contribution < -0.4 is 4.74 Å². The van der Waals surface area contributed by atoms with Crippen LogP contribution in [0, 0.1) is 10.1 Å². The lowest BCUT2D eigenvalue weighted by Gasteiger charge is -2.16. The van der Waals surface area contributed by atoms with Crippen molar-refractivity contribution in [3.05, 3.63) is 56.5 Å². The Morgan fingerprint density at radius 2 is 1.85 bits per heavy atom. The Bertz CT molecular complexity index is 854. The van der Waals surface area contributed by atoms with Crippen molar-refractivity contribution in [1.82, 2.24) is 0 Å². The highest BCUT2D eigenvalue weighted by Crippen LogP contribution is 2.43. The zero-order valence-electron chi connectivity index (χ0n) is 13.2. The summed E-state index contributed by atoms with van der Waals surface area (Å²) in [4.78, 5) is 23.4. The van der Waals surface area contributed by atoms with Crippen molar-refractivity contribution in [3.8, 4) is 16.9 Å². The Morgan fingerprint density at radius 1 is 1.19 bits per heavy atom. The molecule has 0 bridgehead atoms. The first-order valence-corrected chi connectivity index (χ1v) is 8.92. The molecule has 0 spiro atoms. The van der Waals surface area contributed by atoms with Gasteiger partial charge in [-0.1, -0.05) is 46.9 Å². The summed E-state index contributed by atoms with van der Waals surface area (Å²) in [5.41, 5.74) is 0.201. The van der Waals surface area contributed by atoms with E-state index in [1.54, 1.807) is 18.2 Å². The Labute approximate surface area is 172 Å². The molecule has 0 saturated carbocycles. The smallest absolute Gasteiger partial charge is 0.339 e. The van der Waals surface area contributed by atoms with Crippen LogP contribution in [0.5, 0.6) is 5.75 Å². The van der Waals surface area contributed by atoms with Gasteiger partial charge >= 0.3 is 5.97 Å². The van der Waals surface area contributed by atoms with Gasteiger partial charge in [-0.25, -0.2) is 4.79 Å². The lowest BCUT2D eigenvalue weighted by atomic mass is 9.97. The summed E-state index contributed by atoms with van der Waals surface area (Å²) in [6.45, 7) is -0.481. The lowest BCUT2D eigenvalue weighted by Crippen LogP contribution is -2.18. The van der Waals surface area contributed by atoms with Crippen molar-refractivity contribution in [1.29, 1.82) is 0 Å². The molecule has 26 heavy (non-hydrogen) atoms. The maximum atomic E-state index is 12.5. The van der Waals surface area contributed by atoms with E-state index in [-0.39, 0.29) is 28.1 Å². The number of carbonyl (C=O) groups excluding carboxylic acids is 1. The molecular weight excluding hydrogens is 472 g/mol. The topological polar surface area (TPSA) is 78.7 Å². The number of carbonyl (C=O) groups is 1. The van der Waals surface area contributed by atoms with Crippen LogP contribution in [-0.2, 0) is 4.74 Å². The van der Waals surface area contributed by atoms with Crippen molar-refractivity contribution in [2.45, 2.75) is 3.79 Å². The second kappa shape index (κ2) is 8.43. The molecule has 0 fully saturated rings. The molecule has 0 atom stereocenters. The van der Waals surface area contributed by atoms with Crippen molar-refractivity contribution in [2.24, 2.45) is 0 Å². The van der Waals surface area contributed by atoms with Crippen LogP contribution >= 0.6 is 50.7 Å². The highest BCUT2D eigenvalue weighted by Gasteiger charge is 2.28. The van der Waals surface area contributed by atoms with E-state index in [1.807, 2.05) is 0 Å². The first-order chi connectivity index (χ1) is 12.2. The minimum Gasteiger partial charge on any atom is -0.496 e. The number of hydrogen-bond donors (Lipinski definition) is 0. The molecule has 0 amide bonds. The summed E-state index contributed by atoms with van der Waals surface area (Å²) in [5.74, 6) is -0.557. The van der Waals surface area contributed by atoms with Gasteiger partial charge in [0.1, 0.15) is 12.4 Å². The Kier molecular flexibility index (Phi) is 6.74. The molecule has 0 aromatic heterocycles. The molecule has 0 aliphatic heterocycles. The number of methoxy groups -OCH3 is 1. The van der Waals surface area contributed by atoms with E-state index in [2.05, 4.69) is 15.9 Å². The van der Waals surface area contributed by atoms with Crippen LogP contribution in [0.2, 0.25) is 0 Å². The number of nitro benzene ring substituents is 1. The van der Waals surface area contributed by atoms with Crippen LogP contribution in [0.25, 0.3) is 11.1 Å². The van der Waals surface area contributed by atoms with E-state index < -0.39 is 21.3 Å². The third kappa shape index (κ3) is 4.79. The second-order valence-corrected chi connectivity index (χ2v) is 8.34. The standard InChI is InChI=1S/C16H11BrCl3NO5/c1-25-12-7-2-4-9(15(22)26-8-16(18,19)20)13(12)14-10(17)5-3-6-11(14)21(23)24/h2-7H,8H2,1H3. The molecule has 0 N–H and O–H groups in total. The second-order valence-electron chi connectivity index (χ2n) is 4.97. The average Bonchev–Trinajstić information content (AvgIpc) is 2.58. The molecule has 0 aliphatic carbocycles. The van der Waals surface area contributed by atoms with Gasteiger partial charge in [0, 0.05) is 16.1 Å². The monoisotopic (exact) mass is 481 g/mol. The molecule has 0 heterocycles. The Balaban J connectivity index is 2.66. The molecule has 10 heteroatoms. The number of nitro groups is 1. The third-order valence-corrected chi connectivity index (χ3v) is 4.26. The van der Waals surface area contributed by atoms with Crippen LogP contribution in [0.4, 0.5) is 5.69 Å². The van der Waals surface area contributed by atoms with Gasteiger partial charge in [0.15, 0.2) is 0 Å². The summed E-state index contributed by atoms with van der Waals surface area (Å²) in [6.07, 6.45) is 0. The fourth-order valence-electron chi connectivity index (χ4n) is 2.27. The van der Waals surface area contributed by atoms with Gasteiger partial charge in [-0.2, -0.15) is 0 Å². The van der Waals surface area contributed by atoms with Crippen LogP contribution in [-0.4, -0.2) is 28.4 Å². The number of hydrogen-bond acceptors (Lipinski definition) is 5. The predicted molar refractivity (Wildman–Crippen MR) is 103 cm³/mol. The maximum absolute atomic E-state index is 12.5. The Morgan fingerprint density at radius 3 is 2.42 bits per heavy atom. The van der Waals surface area contributed by atoms with Gasteiger partial charge in [0.25, 0.3) is 5.69 Å². The molecule has 0 saturated heterocycles. The van der Waals surface area contributed by atoms with Gasteiger partial charge in [-0.3, -0.25) is 10.1 Å². The van der Waals surface area contributed by atoms with Crippen molar-refractivity contribution < 1.29 is 19.2 Å². The fourth-order valence-corrected chi connectivity index (χ4v) is 2.98. The molecule has 6 nitrogen and oxygen atoms in total. The van der Waals surface area contributed by atoms with Crippen molar-refractivity contribution in [2.75, 3.05) is 13.7 Å². The van der Waals surface area contributed by atoms with E-state index in [9.17, 15) is 14.9 Å². The van der Waals surface area contributed by atoms with Gasteiger partial charge in [-0.15, -0.1) is 0 Å². The summed E-state index contributed by atoms with van der Waals surface area (Å²) in [7, 11) is 1.39. The normalized spacial score (nSPS) is 11.1. The van der Waals surface area contributed by atoms with E-state index in [0.29, 0.717) is 4.47 Å². The van der Waals surface area contributed by atoms with Crippen LogP contribution in [0.1, 0.15) is 10.4 Å². The zero-order chi connectivity index (χ0) is 19.5. The molecule has 0 aliphatic rings. The largest absolute Gasteiger partial charge is 0.496 e. The van der Waals surface area contributed by atoms with Crippen molar-refractivity contribution in [3.63, 3.8) is 0 Å². The minimum absolute atomic E-state index is 0.0357. The van der Waals surface area contributed by atoms with E-state index in [4.69, 9.17) is 44.3 Å². The maximum Gasteiger partial charge on any atom is 0.339 e. The predicted octanol–water partition coefficient (Wildman–Crippen LogP) is 5.56. The molecule has 138 valence electrons. The number of halogens is 4. The minimum atomic E-state index is -1.78. The van der Waals surface area contributed by atoms with Crippen LogP contribution in [0.15, 0.2) is 40.9 Å². The molecular formula is C16H11BrCl3NO5. The first-order valence-electron chi connectivity index (χ1n) is 7.00. The van der Waals surface area contributed by atoms with E-state index in [1.165, 1.54) is 25.3 Å². The quantitative estimate of drug-likeness (QED) is 0.241. The number of esters is 1. The number of nitrogens with zero attached hydrogens (tertiary/aromatic N) is 1. The van der Waals surface area contributed by atoms with E-state index >= 15 is 0 Å². The number of alkyl halides is 3. The summed E-state index contributed by atoms with van der Waals surface area (Å²) in [5, 5.41) is 11.5. The number of benzene rings is 2. The third-order valence-electron chi connectivity index (χ3n) is 3.27. The first kappa shape index (κ1) is 20.8. The average molecular weight is 484 g/mol. The van der Waals surface area contributed by atoms with E-state index in [0.717, 1.165) is 0 Å². The molecule has 0 unspecified atom stereocenters. The van der Waals surface area contributed by atoms with Crippen molar-refractivity contribution >= 4 is 62.4 Å². The summed E-state index contributed by atoms with van der Waals surface area (Å²) < 4.78 is 8.94. The molecule has 2 rings (SSSR count). The highest BCUT2D eigenvalue weighted by molar-refractivity contribution is 9.10. The van der Waals surface area contributed by atoms with Gasteiger partial charge in [0.2, 0.25) is 3.79 Å². The lowest BCUT2D eigenvalue weighted by molar-refractivity contribution is -0.384. The summed E-state index contributed by atoms with van der Waals surface area (Å²) >= 11 is 20.1. The van der Waals surface area contributed by atoms with Gasteiger partial charge in [0.05, 0.1) is 23.2 Å².